The number of carboxylic acid groups (broad SMARTS) is 1. The lowest BCUT2D eigenvalue weighted by Gasteiger charge is -2.33. The molecule has 1 aliphatic heterocycles. The SMILES string of the molecule is O=C(O)C1CCC(F)C(C2NOC(C3CCC(F)CC3)N2)C1. The molecule has 0 aromatic carbocycles. The van der Waals surface area contributed by atoms with Gasteiger partial charge in [0.25, 0.3) is 0 Å². The minimum atomic E-state index is -1.02. The van der Waals surface area contributed by atoms with Crippen molar-refractivity contribution in [2.45, 2.75) is 69.7 Å². The first-order valence-electron chi connectivity index (χ1n) is 8.22. The fourth-order valence-corrected chi connectivity index (χ4v) is 3.95. The number of halogens is 2. The number of hydroxylamine groups is 1. The van der Waals surface area contributed by atoms with Crippen molar-refractivity contribution >= 4 is 5.97 Å². The molecule has 5 unspecified atom stereocenters. The minimum absolute atomic E-state index is 0.224. The van der Waals surface area contributed by atoms with Crippen LogP contribution >= 0.6 is 0 Å². The summed E-state index contributed by atoms with van der Waals surface area (Å²) in [5.41, 5.74) is 2.84. The van der Waals surface area contributed by atoms with Gasteiger partial charge in [-0.1, -0.05) is 0 Å². The highest BCUT2D eigenvalue weighted by Crippen LogP contribution is 2.36. The molecule has 3 rings (SSSR count). The third kappa shape index (κ3) is 3.41. The zero-order valence-electron chi connectivity index (χ0n) is 12.5. The van der Waals surface area contributed by atoms with E-state index < -0.39 is 30.1 Å². The number of hydrogen-bond acceptors (Lipinski definition) is 4. The molecule has 126 valence electrons. The van der Waals surface area contributed by atoms with Crippen LogP contribution in [0.4, 0.5) is 8.78 Å². The van der Waals surface area contributed by atoms with Crippen LogP contribution in [0.2, 0.25) is 0 Å². The van der Waals surface area contributed by atoms with Crippen LogP contribution < -0.4 is 10.8 Å². The van der Waals surface area contributed by atoms with Gasteiger partial charge in [0, 0.05) is 11.8 Å². The van der Waals surface area contributed by atoms with E-state index in [1.54, 1.807) is 0 Å². The number of carboxylic acids is 1. The summed E-state index contributed by atoms with van der Waals surface area (Å²) in [6.07, 6.45) is 1.25. The Balaban J connectivity index is 1.56. The Kier molecular flexibility index (Phi) is 4.94. The van der Waals surface area contributed by atoms with Gasteiger partial charge in [0.2, 0.25) is 0 Å². The lowest BCUT2D eigenvalue weighted by Crippen LogP contribution is -2.48. The van der Waals surface area contributed by atoms with Gasteiger partial charge in [0.1, 0.15) is 18.6 Å². The molecule has 0 bridgehead atoms. The molecule has 5 atom stereocenters. The topological polar surface area (TPSA) is 70.6 Å². The van der Waals surface area contributed by atoms with Crippen molar-refractivity contribution in [3.05, 3.63) is 0 Å². The lowest BCUT2D eigenvalue weighted by molar-refractivity contribution is -0.144. The van der Waals surface area contributed by atoms with E-state index in [1.165, 1.54) is 0 Å². The summed E-state index contributed by atoms with van der Waals surface area (Å²) in [5, 5.41) is 12.4. The third-order valence-corrected chi connectivity index (χ3v) is 5.38. The highest BCUT2D eigenvalue weighted by molar-refractivity contribution is 5.70. The van der Waals surface area contributed by atoms with Crippen LogP contribution in [0.15, 0.2) is 0 Å². The van der Waals surface area contributed by atoms with Crippen molar-refractivity contribution in [1.82, 2.24) is 10.8 Å². The highest BCUT2D eigenvalue weighted by Gasteiger charge is 2.43. The second-order valence-corrected chi connectivity index (χ2v) is 6.84. The maximum absolute atomic E-state index is 14.2. The van der Waals surface area contributed by atoms with Crippen LogP contribution in [0.1, 0.15) is 44.9 Å². The second-order valence-electron chi connectivity index (χ2n) is 6.84. The first-order valence-corrected chi connectivity index (χ1v) is 8.22. The van der Waals surface area contributed by atoms with Crippen LogP contribution in [-0.4, -0.2) is 35.8 Å². The molecule has 0 aromatic heterocycles. The number of nitrogens with one attached hydrogen (secondary N) is 2. The Morgan fingerprint density at radius 1 is 1.09 bits per heavy atom. The van der Waals surface area contributed by atoms with E-state index in [0.717, 1.165) is 12.8 Å². The molecule has 7 heteroatoms. The molecule has 3 N–H and O–H groups in total. The Morgan fingerprint density at radius 2 is 1.82 bits per heavy atom. The summed E-state index contributed by atoms with van der Waals surface area (Å²) in [6.45, 7) is 0. The van der Waals surface area contributed by atoms with Crippen molar-refractivity contribution in [3.8, 4) is 0 Å². The normalized spacial score (nSPS) is 46.5. The molecular weight excluding hydrogens is 294 g/mol. The van der Waals surface area contributed by atoms with E-state index in [2.05, 4.69) is 10.8 Å². The first-order chi connectivity index (χ1) is 10.5. The molecule has 0 aromatic rings. The standard InChI is InChI=1S/C15H24F2N2O3/c16-10-4-1-8(2-5-10)14-18-13(19-22-14)11-7-9(15(20)21)3-6-12(11)17/h8-14,18-19H,1-7H2,(H,20,21). The van der Waals surface area contributed by atoms with Crippen LogP contribution in [0.5, 0.6) is 0 Å². The summed E-state index contributed by atoms with van der Waals surface area (Å²) in [4.78, 5) is 16.7. The van der Waals surface area contributed by atoms with Crippen molar-refractivity contribution in [2.75, 3.05) is 0 Å². The molecule has 1 saturated heterocycles. The van der Waals surface area contributed by atoms with Gasteiger partial charge in [-0.25, -0.2) is 8.78 Å². The molecular formula is C15H24F2N2O3. The number of hydrogen-bond donors (Lipinski definition) is 3. The van der Waals surface area contributed by atoms with Gasteiger partial charge in [-0.2, -0.15) is 5.48 Å². The second kappa shape index (κ2) is 6.76. The molecule has 3 aliphatic rings. The van der Waals surface area contributed by atoms with E-state index in [4.69, 9.17) is 9.94 Å². The van der Waals surface area contributed by atoms with Crippen LogP contribution in [-0.2, 0) is 9.63 Å². The maximum Gasteiger partial charge on any atom is 0.306 e. The number of rotatable bonds is 3. The average Bonchev–Trinajstić information content (AvgIpc) is 2.98. The molecule has 0 spiro atoms. The predicted molar refractivity (Wildman–Crippen MR) is 75.1 cm³/mol. The van der Waals surface area contributed by atoms with Crippen LogP contribution in [0.3, 0.4) is 0 Å². The van der Waals surface area contributed by atoms with E-state index in [1.807, 2.05) is 0 Å². The fraction of sp³-hybridized carbons (Fsp3) is 0.933. The number of alkyl halides is 2. The Morgan fingerprint density at radius 3 is 2.50 bits per heavy atom. The Bertz CT molecular complexity index is 404. The predicted octanol–water partition coefficient (Wildman–Crippen LogP) is 2.13. The van der Waals surface area contributed by atoms with Crippen molar-refractivity contribution < 1.29 is 23.5 Å². The van der Waals surface area contributed by atoms with E-state index in [-0.39, 0.29) is 24.7 Å². The summed E-state index contributed by atoms with van der Waals surface area (Å²) >= 11 is 0. The molecule has 2 saturated carbocycles. The van der Waals surface area contributed by atoms with Crippen molar-refractivity contribution in [3.63, 3.8) is 0 Å². The molecule has 5 nitrogen and oxygen atoms in total. The summed E-state index contributed by atoms with van der Waals surface area (Å²) < 4.78 is 27.4. The largest absolute Gasteiger partial charge is 0.481 e. The number of carbonyl (C=O) groups is 1. The average molecular weight is 318 g/mol. The molecule has 0 amide bonds. The van der Waals surface area contributed by atoms with Gasteiger partial charge in [-0.3, -0.25) is 14.9 Å². The fourth-order valence-electron chi connectivity index (χ4n) is 3.95. The number of aliphatic carboxylic acids is 1. The first kappa shape index (κ1) is 16.1. The van der Waals surface area contributed by atoms with Crippen molar-refractivity contribution in [1.29, 1.82) is 0 Å². The maximum atomic E-state index is 14.2. The Labute approximate surface area is 128 Å². The van der Waals surface area contributed by atoms with Gasteiger partial charge in [0.15, 0.2) is 0 Å². The Hall–Kier alpha value is -0.790. The van der Waals surface area contributed by atoms with E-state index >= 15 is 0 Å². The summed E-state index contributed by atoms with van der Waals surface area (Å²) in [7, 11) is 0. The zero-order valence-corrected chi connectivity index (χ0v) is 12.5. The van der Waals surface area contributed by atoms with Gasteiger partial charge < -0.3 is 5.11 Å². The van der Waals surface area contributed by atoms with Gasteiger partial charge in [0.05, 0.1) is 12.1 Å². The molecule has 3 fully saturated rings. The summed E-state index contributed by atoms with van der Waals surface area (Å²) in [6, 6.07) is 0. The zero-order chi connectivity index (χ0) is 15.7. The molecule has 1 heterocycles. The quantitative estimate of drug-likeness (QED) is 0.744. The highest BCUT2D eigenvalue weighted by atomic mass is 19.1. The molecule has 0 radical (unpaired) electrons. The lowest BCUT2D eigenvalue weighted by atomic mass is 9.78. The van der Waals surface area contributed by atoms with E-state index in [9.17, 15) is 13.6 Å². The van der Waals surface area contributed by atoms with Gasteiger partial charge >= 0.3 is 5.97 Å². The third-order valence-electron chi connectivity index (χ3n) is 5.38. The van der Waals surface area contributed by atoms with Crippen LogP contribution in [0.25, 0.3) is 0 Å². The minimum Gasteiger partial charge on any atom is -0.481 e. The summed E-state index contributed by atoms with van der Waals surface area (Å²) in [5.74, 6) is -1.52. The van der Waals surface area contributed by atoms with Crippen LogP contribution in [0, 0.1) is 17.8 Å². The van der Waals surface area contributed by atoms with Gasteiger partial charge in [-0.05, 0) is 44.9 Å². The smallest absolute Gasteiger partial charge is 0.306 e. The monoisotopic (exact) mass is 318 g/mol. The van der Waals surface area contributed by atoms with E-state index in [0.29, 0.717) is 25.7 Å². The van der Waals surface area contributed by atoms with Crippen molar-refractivity contribution in [2.24, 2.45) is 17.8 Å². The molecule has 2 aliphatic carbocycles. The van der Waals surface area contributed by atoms with Gasteiger partial charge in [-0.15, -0.1) is 0 Å². The molecule has 22 heavy (non-hydrogen) atoms.